The van der Waals surface area contributed by atoms with Crippen LogP contribution in [0.25, 0.3) is 0 Å². The molecule has 1 amide bonds. The average Bonchev–Trinajstić information content (AvgIpc) is 2.62. The van der Waals surface area contributed by atoms with E-state index in [2.05, 4.69) is 20.6 Å². The Morgan fingerprint density at radius 2 is 1.92 bits per heavy atom. The van der Waals surface area contributed by atoms with Crippen LogP contribution in [-0.2, 0) is 6.54 Å². The molecule has 5 heteroatoms. The van der Waals surface area contributed by atoms with Gasteiger partial charge in [-0.05, 0) is 30.9 Å². The van der Waals surface area contributed by atoms with Crippen molar-refractivity contribution in [1.29, 1.82) is 0 Å². The van der Waals surface area contributed by atoms with Crippen LogP contribution >= 0.6 is 0 Å². The van der Waals surface area contributed by atoms with Gasteiger partial charge in [0.05, 0.1) is 12.4 Å². The summed E-state index contributed by atoms with van der Waals surface area (Å²) < 4.78 is 0. The number of carbonyl (C=O) groups excluding carboxylic acids is 1. The van der Waals surface area contributed by atoms with E-state index in [1.165, 1.54) is 32.1 Å². The maximum Gasteiger partial charge on any atom is 0.271 e. The van der Waals surface area contributed by atoms with Crippen LogP contribution in [0.15, 0.2) is 36.7 Å². The quantitative estimate of drug-likeness (QED) is 0.884. The zero-order chi connectivity index (χ0) is 16.8. The number of aryl methyl sites for hydroxylation is 1. The summed E-state index contributed by atoms with van der Waals surface area (Å²) in [6.07, 6.45) is 9.41. The number of carbonyl (C=O) groups is 1. The molecular formula is C19H24N4O. The fourth-order valence-corrected chi connectivity index (χ4v) is 3.05. The Bertz CT molecular complexity index is 678. The molecule has 0 bridgehead atoms. The van der Waals surface area contributed by atoms with Gasteiger partial charge in [-0.3, -0.25) is 4.79 Å². The molecule has 1 saturated carbocycles. The maximum atomic E-state index is 12.2. The van der Waals surface area contributed by atoms with E-state index < -0.39 is 0 Å². The van der Waals surface area contributed by atoms with E-state index >= 15 is 0 Å². The molecule has 1 aliphatic carbocycles. The van der Waals surface area contributed by atoms with Gasteiger partial charge in [-0.15, -0.1) is 0 Å². The van der Waals surface area contributed by atoms with Gasteiger partial charge in [0, 0.05) is 12.6 Å². The first kappa shape index (κ1) is 16.4. The molecule has 0 aliphatic heterocycles. The summed E-state index contributed by atoms with van der Waals surface area (Å²) in [5.41, 5.74) is 2.61. The van der Waals surface area contributed by atoms with Crippen molar-refractivity contribution in [3.05, 3.63) is 53.5 Å². The number of hydrogen-bond donors (Lipinski definition) is 2. The zero-order valence-electron chi connectivity index (χ0n) is 14.1. The van der Waals surface area contributed by atoms with E-state index in [1.54, 1.807) is 12.4 Å². The smallest absolute Gasteiger partial charge is 0.271 e. The standard InChI is InChI=1S/C19H24N4O/c1-14-7-5-6-8-15(14)11-22-19(24)17-12-21-18(13-20-17)23-16-9-3-2-4-10-16/h5-8,12-13,16H,2-4,9-11H2,1H3,(H,21,23)(H,22,24). The first-order valence-electron chi connectivity index (χ1n) is 8.63. The molecule has 126 valence electrons. The molecule has 3 rings (SSSR count). The third-order valence-electron chi connectivity index (χ3n) is 4.54. The summed E-state index contributed by atoms with van der Waals surface area (Å²) >= 11 is 0. The van der Waals surface area contributed by atoms with E-state index in [0.29, 0.717) is 18.3 Å². The highest BCUT2D eigenvalue weighted by atomic mass is 16.1. The number of anilines is 1. The lowest BCUT2D eigenvalue weighted by Gasteiger charge is -2.23. The van der Waals surface area contributed by atoms with Gasteiger partial charge in [-0.2, -0.15) is 0 Å². The molecule has 2 aromatic rings. The van der Waals surface area contributed by atoms with Gasteiger partial charge in [0.15, 0.2) is 0 Å². The molecule has 0 atom stereocenters. The molecule has 2 N–H and O–H groups in total. The van der Waals surface area contributed by atoms with Crippen LogP contribution in [0.4, 0.5) is 5.82 Å². The number of nitrogens with one attached hydrogen (secondary N) is 2. The summed E-state index contributed by atoms with van der Waals surface area (Å²) in [7, 11) is 0. The lowest BCUT2D eigenvalue weighted by molar-refractivity contribution is 0.0945. The molecule has 0 unspecified atom stereocenters. The molecule has 24 heavy (non-hydrogen) atoms. The van der Waals surface area contributed by atoms with Crippen molar-refractivity contribution in [3.8, 4) is 0 Å². The minimum atomic E-state index is -0.199. The molecule has 1 aromatic carbocycles. The Morgan fingerprint density at radius 1 is 1.12 bits per heavy atom. The van der Waals surface area contributed by atoms with Crippen molar-refractivity contribution < 1.29 is 4.79 Å². The van der Waals surface area contributed by atoms with Crippen LogP contribution < -0.4 is 10.6 Å². The first-order chi connectivity index (χ1) is 11.7. The maximum absolute atomic E-state index is 12.2. The van der Waals surface area contributed by atoms with Gasteiger partial charge in [0.2, 0.25) is 0 Å². The Balaban J connectivity index is 1.54. The second kappa shape index (κ2) is 7.90. The topological polar surface area (TPSA) is 66.9 Å². The third kappa shape index (κ3) is 4.31. The van der Waals surface area contributed by atoms with E-state index in [4.69, 9.17) is 0 Å². The average molecular weight is 324 g/mol. The lowest BCUT2D eigenvalue weighted by atomic mass is 9.96. The van der Waals surface area contributed by atoms with Crippen LogP contribution in [-0.4, -0.2) is 21.9 Å². The van der Waals surface area contributed by atoms with Crippen LogP contribution in [0.3, 0.4) is 0 Å². The highest BCUT2D eigenvalue weighted by Gasteiger charge is 2.14. The van der Waals surface area contributed by atoms with Gasteiger partial charge >= 0.3 is 0 Å². The molecule has 5 nitrogen and oxygen atoms in total. The second-order valence-electron chi connectivity index (χ2n) is 6.38. The summed E-state index contributed by atoms with van der Waals surface area (Å²) in [4.78, 5) is 20.8. The molecule has 1 fully saturated rings. The Labute approximate surface area is 142 Å². The van der Waals surface area contributed by atoms with Gasteiger partial charge in [0.25, 0.3) is 5.91 Å². The Hall–Kier alpha value is -2.43. The number of aromatic nitrogens is 2. The minimum Gasteiger partial charge on any atom is -0.366 e. The van der Waals surface area contributed by atoms with Crippen molar-refractivity contribution >= 4 is 11.7 Å². The predicted molar refractivity (Wildman–Crippen MR) is 94.9 cm³/mol. The van der Waals surface area contributed by atoms with Gasteiger partial charge in [-0.1, -0.05) is 43.5 Å². The van der Waals surface area contributed by atoms with Crippen LogP contribution in [0, 0.1) is 6.92 Å². The number of benzene rings is 1. The van der Waals surface area contributed by atoms with Crippen molar-refractivity contribution in [2.24, 2.45) is 0 Å². The summed E-state index contributed by atoms with van der Waals surface area (Å²) in [6.45, 7) is 2.53. The van der Waals surface area contributed by atoms with Gasteiger partial charge < -0.3 is 10.6 Å². The van der Waals surface area contributed by atoms with Crippen LogP contribution in [0.2, 0.25) is 0 Å². The summed E-state index contributed by atoms with van der Waals surface area (Å²) in [5, 5.41) is 6.30. The largest absolute Gasteiger partial charge is 0.366 e. The first-order valence-corrected chi connectivity index (χ1v) is 8.63. The molecule has 1 aromatic heterocycles. The summed E-state index contributed by atoms with van der Waals surface area (Å²) in [6, 6.07) is 8.49. The summed E-state index contributed by atoms with van der Waals surface area (Å²) in [5.74, 6) is 0.548. The van der Waals surface area contributed by atoms with Gasteiger partial charge in [0.1, 0.15) is 11.5 Å². The third-order valence-corrected chi connectivity index (χ3v) is 4.54. The Morgan fingerprint density at radius 3 is 2.62 bits per heavy atom. The monoisotopic (exact) mass is 324 g/mol. The van der Waals surface area contributed by atoms with E-state index in [1.807, 2.05) is 31.2 Å². The van der Waals surface area contributed by atoms with Crippen molar-refractivity contribution in [1.82, 2.24) is 15.3 Å². The van der Waals surface area contributed by atoms with E-state index in [0.717, 1.165) is 16.9 Å². The SMILES string of the molecule is Cc1ccccc1CNC(=O)c1cnc(NC2CCCCC2)cn1. The zero-order valence-corrected chi connectivity index (χ0v) is 14.1. The highest BCUT2D eigenvalue weighted by molar-refractivity contribution is 5.91. The fourth-order valence-electron chi connectivity index (χ4n) is 3.05. The van der Waals surface area contributed by atoms with E-state index in [-0.39, 0.29) is 5.91 Å². The molecule has 0 saturated heterocycles. The van der Waals surface area contributed by atoms with Crippen LogP contribution in [0.5, 0.6) is 0 Å². The highest BCUT2D eigenvalue weighted by Crippen LogP contribution is 2.20. The number of rotatable bonds is 5. The molecule has 0 spiro atoms. The van der Waals surface area contributed by atoms with Crippen molar-refractivity contribution in [3.63, 3.8) is 0 Å². The fraction of sp³-hybridized carbons (Fsp3) is 0.421. The number of amides is 1. The van der Waals surface area contributed by atoms with Crippen molar-refractivity contribution in [2.45, 2.75) is 51.6 Å². The molecule has 0 radical (unpaired) electrons. The lowest BCUT2D eigenvalue weighted by Crippen LogP contribution is -2.25. The van der Waals surface area contributed by atoms with Crippen molar-refractivity contribution in [2.75, 3.05) is 5.32 Å². The number of nitrogens with zero attached hydrogens (tertiary/aromatic N) is 2. The van der Waals surface area contributed by atoms with E-state index in [9.17, 15) is 4.79 Å². The van der Waals surface area contributed by atoms with Gasteiger partial charge in [-0.25, -0.2) is 9.97 Å². The molecule has 1 aliphatic rings. The Kier molecular flexibility index (Phi) is 5.41. The van der Waals surface area contributed by atoms with Crippen LogP contribution in [0.1, 0.15) is 53.7 Å². The second-order valence-corrected chi connectivity index (χ2v) is 6.38. The molecule has 1 heterocycles. The minimum absolute atomic E-state index is 0.199. The normalized spacial score (nSPS) is 15.0. The number of hydrogen-bond acceptors (Lipinski definition) is 4. The molecular weight excluding hydrogens is 300 g/mol. The predicted octanol–water partition coefficient (Wildman–Crippen LogP) is 3.46.